The molecule has 0 spiro atoms. The van der Waals surface area contributed by atoms with Crippen LogP contribution in [0.5, 0.6) is 0 Å². The van der Waals surface area contributed by atoms with E-state index in [9.17, 15) is 9.59 Å². The molecule has 0 radical (unpaired) electrons. The summed E-state index contributed by atoms with van der Waals surface area (Å²) in [7, 11) is 0. The minimum atomic E-state index is -0.111. The molecule has 2 amide bonds. The topological polar surface area (TPSA) is 37.4 Å². The highest BCUT2D eigenvalue weighted by Crippen LogP contribution is 2.42. The van der Waals surface area contributed by atoms with Crippen molar-refractivity contribution in [2.24, 2.45) is 11.3 Å². The highest BCUT2D eigenvalue weighted by molar-refractivity contribution is 6.04. The van der Waals surface area contributed by atoms with Crippen molar-refractivity contribution in [2.45, 2.75) is 72.8 Å². The van der Waals surface area contributed by atoms with Gasteiger partial charge in [-0.25, -0.2) is 0 Å². The van der Waals surface area contributed by atoms with Crippen molar-refractivity contribution < 1.29 is 9.59 Å². The molecule has 1 fully saturated rings. The monoisotopic (exact) mass is 253 g/mol. The molecule has 1 rings (SSSR count). The third-order valence-corrected chi connectivity index (χ3v) is 4.95. The first-order valence-electron chi connectivity index (χ1n) is 7.30. The first-order valence-corrected chi connectivity index (χ1v) is 7.30. The average molecular weight is 253 g/mol. The normalized spacial score (nSPS) is 21.2. The van der Waals surface area contributed by atoms with E-state index < -0.39 is 0 Å². The Morgan fingerprint density at radius 1 is 1.17 bits per heavy atom. The van der Waals surface area contributed by atoms with Gasteiger partial charge in [0.05, 0.1) is 5.92 Å². The van der Waals surface area contributed by atoms with E-state index in [1.807, 2.05) is 13.8 Å². The Bertz CT molecular complexity index is 316. The van der Waals surface area contributed by atoms with Crippen LogP contribution in [0.1, 0.15) is 66.7 Å². The Hall–Kier alpha value is -0.860. The second-order valence-corrected chi connectivity index (χ2v) is 5.69. The third-order valence-electron chi connectivity index (χ3n) is 4.95. The smallest absolute Gasteiger partial charge is 0.233 e. The number of nitrogens with zero attached hydrogens (tertiary/aromatic N) is 1. The highest BCUT2D eigenvalue weighted by atomic mass is 16.2. The molecular weight excluding hydrogens is 226 g/mol. The third kappa shape index (κ3) is 2.45. The van der Waals surface area contributed by atoms with Crippen molar-refractivity contribution >= 4 is 11.8 Å². The number of amides is 2. The van der Waals surface area contributed by atoms with Crippen LogP contribution >= 0.6 is 0 Å². The maximum atomic E-state index is 12.5. The van der Waals surface area contributed by atoms with Crippen LogP contribution < -0.4 is 0 Å². The highest BCUT2D eigenvalue weighted by Gasteiger charge is 2.48. The molecule has 104 valence electrons. The Morgan fingerprint density at radius 2 is 1.67 bits per heavy atom. The van der Waals surface area contributed by atoms with Gasteiger partial charge in [0.25, 0.3) is 0 Å². The molecule has 0 aliphatic carbocycles. The SMILES string of the molecule is CCC(CC)N1C(=O)CC(C(C)(CC)CC)C1=O. The lowest BCUT2D eigenvalue weighted by atomic mass is 9.72. The Morgan fingerprint density at radius 3 is 2.06 bits per heavy atom. The van der Waals surface area contributed by atoms with Gasteiger partial charge < -0.3 is 0 Å². The van der Waals surface area contributed by atoms with Crippen LogP contribution in [0.2, 0.25) is 0 Å². The van der Waals surface area contributed by atoms with Crippen molar-refractivity contribution in [3.8, 4) is 0 Å². The van der Waals surface area contributed by atoms with Gasteiger partial charge >= 0.3 is 0 Å². The summed E-state index contributed by atoms with van der Waals surface area (Å²) in [5.74, 6) is -0.00711. The average Bonchev–Trinajstić information content (AvgIpc) is 2.68. The molecule has 0 aromatic heterocycles. The molecule has 0 bridgehead atoms. The van der Waals surface area contributed by atoms with E-state index in [-0.39, 0.29) is 29.2 Å². The van der Waals surface area contributed by atoms with E-state index in [4.69, 9.17) is 0 Å². The van der Waals surface area contributed by atoms with E-state index >= 15 is 0 Å². The number of rotatable bonds is 6. The molecule has 0 saturated carbocycles. The summed E-state index contributed by atoms with van der Waals surface area (Å²) in [5, 5.41) is 0. The van der Waals surface area contributed by atoms with Gasteiger partial charge in [-0.1, -0.05) is 34.6 Å². The molecule has 1 heterocycles. The zero-order chi connectivity index (χ0) is 13.9. The molecule has 0 aromatic rings. The fourth-order valence-electron chi connectivity index (χ4n) is 2.98. The number of carbonyl (C=O) groups excluding carboxylic acids is 2. The maximum Gasteiger partial charge on any atom is 0.233 e. The molecule has 0 N–H and O–H groups in total. The molecule has 1 atom stereocenters. The van der Waals surface area contributed by atoms with E-state index in [1.165, 1.54) is 0 Å². The van der Waals surface area contributed by atoms with Crippen molar-refractivity contribution in [3.63, 3.8) is 0 Å². The molecule has 1 aliphatic rings. The molecule has 3 heteroatoms. The fourth-order valence-corrected chi connectivity index (χ4v) is 2.98. The number of imide groups is 1. The molecule has 18 heavy (non-hydrogen) atoms. The van der Waals surface area contributed by atoms with Crippen LogP contribution in [0, 0.1) is 11.3 Å². The summed E-state index contributed by atoms with van der Waals surface area (Å²) in [5.41, 5.74) is -0.0342. The largest absolute Gasteiger partial charge is 0.279 e. The summed E-state index contributed by atoms with van der Waals surface area (Å²) in [6.45, 7) is 10.4. The molecule has 1 aliphatic heterocycles. The van der Waals surface area contributed by atoms with Gasteiger partial charge in [-0.15, -0.1) is 0 Å². The quantitative estimate of drug-likeness (QED) is 0.681. The molecule has 3 nitrogen and oxygen atoms in total. The second kappa shape index (κ2) is 5.85. The van der Waals surface area contributed by atoms with E-state index in [1.54, 1.807) is 4.90 Å². The van der Waals surface area contributed by atoms with Crippen LogP contribution in [-0.4, -0.2) is 22.8 Å². The second-order valence-electron chi connectivity index (χ2n) is 5.69. The van der Waals surface area contributed by atoms with Crippen molar-refractivity contribution in [1.82, 2.24) is 4.90 Å². The molecule has 1 unspecified atom stereocenters. The van der Waals surface area contributed by atoms with Gasteiger partial charge in [0.2, 0.25) is 11.8 Å². The van der Waals surface area contributed by atoms with Crippen LogP contribution in [-0.2, 0) is 9.59 Å². The summed E-state index contributed by atoms with van der Waals surface area (Å²) in [4.78, 5) is 26.2. The lowest BCUT2D eigenvalue weighted by Gasteiger charge is -2.33. The molecular formula is C15H27NO2. The first kappa shape index (κ1) is 15.2. The Labute approximate surface area is 111 Å². The Balaban J connectivity index is 2.97. The van der Waals surface area contributed by atoms with Crippen LogP contribution in [0.4, 0.5) is 0 Å². The Kier molecular flexibility index (Phi) is 4.94. The molecule has 0 aromatic carbocycles. The lowest BCUT2D eigenvalue weighted by molar-refractivity contribution is -0.143. The van der Waals surface area contributed by atoms with Gasteiger partial charge in [0.15, 0.2) is 0 Å². The standard InChI is InChI=1S/C15H27NO2/c1-6-11(7-2)16-13(17)10-12(14(16)18)15(5,8-3)9-4/h11-12H,6-10H2,1-5H3. The molecule has 1 saturated heterocycles. The predicted molar refractivity (Wildman–Crippen MR) is 73.0 cm³/mol. The minimum Gasteiger partial charge on any atom is -0.279 e. The van der Waals surface area contributed by atoms with Crippen LogP contribution in [0.3, 0.4) is 0 Å². The van der Waals surface area contributed by atoms with E-state index in [2.05, 4.69) is 20.8 Å². The number of carbonyl (C=O) groups is 2. The first-order chi connectivity index (χ1) is 8.45. The lowest BCUT2D eigenvalue weighted by Crippen LogP contribution is -2.41. The van der Waals surface area contributed by atoms with Crippen LogP contribution in [0.15, 0.2) is 0 Å². The van der Waals surface area contributed by atoms with Crippen molar-refractivity contribution in [2.75, 3.05) is 0 Å². The maximum absolute atomic E-state index is 12.5. The summed E-state index contributed by atoms with van der Waals surface area (Å²) in [6, 6.07) is 0.0907. The summed E-state index contributed by atoms with van der Waals surface area (Å²) in [6.07, 6.45) is 4.02. The predicted octanol–water partition coefficient (Wildman–Crippen LogP) is 3.38. The van der Waals surface area contributed by atoms with E-state index in [0.29, 0.717) is 6.42 Å². The number of hydrogen-bond donors (Lipinski definition) is 0. The van der Waals surface area contributed by atoms with Gasteiger partial charge in [0.1, 0.15) is 0 Å². The zero-order valence-corrected chi connectivity index (χ0v) is 12.5. The van der Waals surface area contributed by atoms with Crippen molar-refractivity contribution in [3.05, 3.63) is 0 Å². The van der Waals surface area contributed by atoms with Crippen LogP contribution in [0.25, 0.3) is 0 Å². The van der Waals surface area contributed by atoms with Gasteiger partial charge in [-0.05, 0) is 31.1 Å². The van der Waals surface area contributed by atoms with Crippen molar-refractivity contribution in [1.29, 1.82) is 0 Å². The minimum absolute atomic E-state index is 0.0341. The fraction of sp³-hybridized carbons (Fsp3) is 0.867. The summed E-state index contributed by atoms with van der Waals surface area (Å²) >= 11 is 0. The number of hydrogen-bond acceptors (Lipinski definition) is 2. The zero-order valence-electron chi connectivity index (χ0n) is 12.5. The van der Waals surface area contributed by atoms with Gasteiger partial charge in [-0.2, -0.15) is 0 Å². The van der Waals surface area contributed by atoms with Gasteiger partial charge in [-0.3, -0.25) is 14.5 Å². The number of likely N-dealkylation sites (tertiary alicyclic amines) is 1. The van der Waals surface area contributed by atoms with E-state index in [0.717, 1.165) is 25.7 Å². The summed E-state index contributed by atoms with van der Waals surface area (Å²) < 4.78 is 0. The van der Waals surface area contributed by atoms with Gasteiger partial charge in [0, 0.05) is 12.5 Å².